The van der Waals surface area contributed by atoms with Crippen molar-refractivity contribution < 1.29 is 9.47 Å². The molecule has 0 bridgehead atoms. The smallest absolute Gasteiger partial charge is 0.134 e. The van der Waals surface area contributed by atoms with Crippen LogP contribution in [0, 0.1) is 0 Å². The highest BCUT2D eigenvalue weighted by atomic mass is 127. The van der Waals surface area contributed by atoms with E-state index in [0.717, 1.165) is 6.61 Å². The molecule has 1 unspecified atom stereocenters. The van der Waals surface area contributed by atoms with Crippen LogP contribution < -0.4 is 0 Å². The number of nitrogens with zero attached hydrogens (tertiary/aromatic N) is 1. The van der Waals surface area contributed by atoms with Crippen LogP contribution in [0.5, 0.6) is 0 Å². The van der Waals surface area contributed by atoms with E-state index in [-0.39, 0.29) is 35.7 Å². The summed E-state index contributed by atoms with van der Waals surface area (Å²) in [6.45, 7) is 5.78. The van der Waals surface area contributed by atoms with E-state index in [2.05, 4.69) is 25.8 Å². The van der Waals surface area contributed by atoms with Gasteiger partial charge < -0.3 is 9.47 Å². The van der Waals surface area contributed by atoms with Crippen LogP contribution in [0.4, 0.5) is 0 Å². The Balaban J connectivity index is 0.00000121. The topological polar surface area (TPSA) is 21.7 Å². The molecule has 0 aromatic heterocycles. The van der Waals surface area contributed by atoms with Gasteiger partial charge in [-0.25, -0.2) is 0 Å². The number of rotatable bonds is 2. The second-order valence-electron chi connectivity index (χ2n) is 3.64. The van der Waals surface area contributed by atoms with Crippen LogP contribution in [0.2, 0.25) is 0 Å². The van der Waals surface area contributed by atoms with Crippen molar-refractivity contribution in [3.8, 4) is 0 Å². The maximum absolute atomic E-state index is 5.52. The molecule has 1 saturated heterocycles. The summed E-state index contributed by atoms with van der Waals surface area (Å²) in [6.07, 6.45) is 0.134. The fourth-order valence-corrected chi connectivity index (χ4v) is 1.21. The Labute approximate surface area is 91.4 Å². The molecule has 1 rings (SSSR count). The Bertz CT molecular complexity index is 141. The van der Waals surface area contributed by atoms with Gasteiger partial charge in [-0.15, -0.1) is 24.0 Å². The SMILES string of the molecule is COCC1OCC(C)(C)N1C.I. The Morgan fingerprint density at radius 2 is 2.17 bits per heavy atom. The molecule has 0 aromatic carbocycles. The standard InChI is InChI=1S/C8H17NO2.HI/c1-8(2)6-11-7(5-10-4)9(8)3;/h7H,5-6H2,1-4H3;1H. The van der Waals surface area contributed by atoms with Crippen molar-refractivity contribution in [3.05, 3.63) is 0 Å². The van der Waals surface area contributed by atoms with Crippen LogP contribution in [-0.2, 0) is 9.47 Å². The summed E-state index contributed by atoms with van der Waals surface area (Å²) < 4.78 is 10.5. The number of ether oxygens (including phenoxy) is 2. The summed E-state index contributed by atoms with van der Waals surface area (Å²) in [7, 11) is 3.76. The van der Waals surface area contributed by atoms with Crippen molar-refractivity contribution in [2.45, 2.75) is 25.6 Å². The molecule has 1 atom stereocenters. The van der Waals surface area contributed by atoms with Crippen LogP contribution in [0.15, 0.2) is 0 Å². The zero-order valence-corrected chi connectivity index (χ0v) is 10.5. The lowest BCUT2D eigenvalue weighted by molar-refractivity contribution is -0.0198. The number of likely N-dealkylation sites (N-methyl/N-ethyl adjacent to an activating group) is 1. The molecule has 1 aliphatic rings. The van der Waals surface area contributed by atoms with Crippen molar-refractivity contribution in [1.29, 1.82) is 0 Å². The molecule has 0 spiro atoms. The molecule has 3 nitrogen and oxygen atoms in total. The normalized spacial score (nSPS) is 28.5. The molecule has 0 radical (unpaired) electrons. The van der Waals surface area contributed by atoms with Gasteiger partial charge in [0.15, 0.2) is 0 Å². The summed E-state index contributed by atoms with van der Waals surface area (Å²) in [5.74, 6) is 0. The Morgan fingerprint density at radius 3 is 2.50 bits per heavy atom. The first-order valence-corrected chi connectivity index (χ1v) is 3.91. The maximum Gasteiger partial charge on any atom is 0.134 e. The molecule has 0 aromatic rings. The molecule has 0 saturated carbocycles. The van der Waals surface area contributed by atoms with E-state index in [4.69, 9.17) is 9.47 Å². The van der Waals surface area contributed by atoms with E-state index in [1.54, 1.807) is 7.11 Å². The van der Waals surface area contributed by atoms with E-state index < -0.39 is 0 Å². The van der Waals surface area contributed by atoms with E-state index in [1.807, 2.05) is 0 Å². The summed E-state index contributed by atoms with van der Waals surface area (Å²) in [4.78, 5) is 2.20. The van der Waals surface area contributed by atoms with Gasteiger partial charge in [-0.05, 0) is 20.9 Å². The Morgan fingerprint density at radius 1 is 1.58 bits per heavy atom. The Kier molecular flexibility index (Phi) is 4.98. The zero-order valence-electron chi connectivity index (χ0n) is 8.16. The minimum atomic E-state index is 0. The highest BCUT2D eigenvalue weighted by Crippen LogP contribution is 2.24. The molecular weight excluding hydrogens is 269 g/mol. The first-order chi connectivity index (χ1) is 5.08. The van der Waals surface area contributed by atoms with Crippen molar-refractivity contribution >= 4 is 24.0 Å². The fourth-order valence-electron chi connectivity index (χ4n) is 1.21. The van der Waals surface area contributed by atoms with Crippen LogP contribution >= 0.6 is 24.0 Å². The largest absolute Gasteiger partial charge is 0.381 e. The van der Waals surface area contributed by atoms with Gasteiger partial charge >= 0.3 is 0 Å². The van der Waals surface area contributed by atoms with E-state index in [9.17, 15) is 0 Å². The van der Waals surface area contributed by atoms with E-state index in [1.165, 1.54) is 0 Å². The molecule has 0 amide bonds. The summed E-state index contributed by atoms with van der Waals surface area (Å²) in [5, 5.41) is 0. The van der Waals surface area contributed by atoms with Gasteiger partial charge in [0.2, 0.25) is 0 Å². The summed E-state index contributed by atoms with van der Waals surface area (Å²) in [6, 6.07) is 0. The number of hydrogen-bond acceptors (Lipinski definition) is 3. The molecule has 74 valence electrons. The van der Waals surface area contributed by atoms with Crippen LogP contribution in [0.1, 0.15) is 13.8 Å². The maximum atomic E-state index is 5.52. The number of halogens is 1. The number of methoxy groups -OCH3 is 1. The van der Waals surface area contributed by atoms with Crippen LogP contribution in [-0.4, -0.2) is 44.0 Å². The molecular formula is C8H18INO2. The second kappa shape index (κ2) is 4.74. The van der Waals surface area contributed by atoms with Gasteiger partial charge in [0.1, 0.15) is 6.23 Å². The predicted molar refractivity (Wildman–Crippen MR) is 58.9 cm³/mol. The fraction of sp³-hybridized carbons (Fsp3) is 1.00. The van der Waals surface area contributed by atoms with Gasteiger partial charge in [-0.1, -0.05) is 0 Å². The molecule has 12 heavy (non-hydrogen) atoms. The van der Waals surface area contributed by atoms with Crippen LogP contribution in [0.3, 0.4) is 0 Å². The lowest BCUT2D eigenvalue weighted by Crippen LogP contribution is -2.42. The molecule has 1 aliphatic heterocycles. The quantitative estimate of drug-likeness (QED) is 0.715. The molecule has 0 aliphatic carbocycles. The number of hydrogen-bond donors (Lipinski definition) is 0. The van der Waals surface area contributed by atoms with Crippen LogP contribution in [0.25, 0.3) is 0 Å². The van der Waals surface area contributed by atoms with Gasteiger partial charge in [0.25, 0.3) is 0 Å². The summed E-state index contributed by atoms with van der Waals surface area (Å²) >= 11 is 0. The third kappa shape index (κ3) is 2.55. The van der Waals surface area contributed by atoms with E-state index >= 15 is 0 Å². The van der Waals surface area contributed by atoms with E-state index in [0.29, 0.717) is 6.61 Å². The Hall–Kier alpha value is 0.610. The third-order valence-electron chi connectivity index (χ3n) is 2.32. The van der Waals surface area contributed by atoms with Crippen molar-refractivity contribution in [2.75, 3.05) is 27.4 Å². The highest BCUT2D eigenvalue weighted by molar-refractivity contribution is 14.0. The highest BCUT2D eigenvalue weighted by Gasteiger charge is 2.37. The molecule has 4 heteroatoms. The minimum Gasteiger partial charge on any atom is -0.381 e. The van der Waals surface area contributed by atoms with Crippen molar-refractivity contribution in [1.82, 2.24) is 4.90 Å². The second-order valence-corrected chi connectivity index (χ2v) is 3.64. The van der Waals surface area contributed by atoms with Crippen molar-refractivity contribution in [3.63, 3.8) is 0 Å². The predicted octanol–water partition coefficient (Wildman–Crippen LogP) is 1.32. The monoisotopic (exact) mass is 287 g/mol. The summed E-state index contributed by atoms with van der Waals surface area (Å²) in [5.41, 5.74) is 0.156. The first kappa shape index (κ1) is 12.6. The lowest BCUT2D eigenvalue weighted by Gasteiger charge is -2.28. The zero-order chi connectivity index (χ0) is 8.48. The van der Waals surface area contributed by atoms with Gasteiger partial charge in [-0.3, -0.25) is 4.90 Å². The first-order valence-electron chi connectivity index (χ1n) is 3.91. The molecule has 1 fully saturated rings. The molecule has 0 N–H and O–H groups in total. The minimum absolute atomic E-state index is 0. The van der Waals surface area contributed by atoms with Gasteiger partial charge in [-0.2, -0.15) is 0 Å². The van der Waals surface area contributed by atoms with Gasteiger partial charge in [0, 0.05) is 12.6 Å². The average molecular weight is 287 g/mol. The van der Waals surface area contributed by atoms with Crippen molar-refractivity contribution in [2.24, 2.45) is 0 Å². The average Bonchev–Trinajstić information content (AvgIpc) is 2.17. The third-order valence-corrected chi connectivity index (χ3v) is 2.32. The lowest BCUT2D eigenvalue weighted by atomic mass is 10.1. The molecule has 1 heterocycles. The van der Waals surface area contributed by atoms with Gasteiger partial charge in [0.05, 0.1) is 13.2 Å².